The molecule has 0 atom stereocenters. The lowest BCUT2D eigenvalue weighted by atomic mass is 9.96. The van der Waals surface area contributed by atoms with Crippen molar-refractivity contribution in [1.82, 2.24) is 30.0 Å². The normalized spacial score (nSPS) is 22.4. The summed E-state index contributed by atoms with van der Waals surface area (Å²) < 4.78 is 1.94. The van der Waals surface area contributed by atoms with Gasteiger partial charge in [0.1, 0.15) is 0 Å². The van der Waals surface area contributed by atoms with Crippen LogP contribution in [-0.2, 0) is 0 Å². The summed E-state index contributed by atoms with van der Waals surface area (Å²) in [7, 11) is 0. The molecule has 7 nitrogen and oxygen atoms in total. The molecule has 2 saturated carbocycles. The quantitative estimate of drug-likeness (QED) is 0.823. The number of nitrogens with one attached hydrogen (secondary N) is 1. The first-order valence-corrected chi connectivity index (χ1v) is 11.1. The van der Waals surface area contributed by atoms with Gasteiger partial charge in [-0.2, -0.15) is 9.61 Å². The van der Waals surface area contributed by atoms with Crippen molar-refractivity contribution >= 4 is 11.7 Å². The van der Waals surface area contributed by atoms with Crippen LogP contribution in [0.1, 0.15) is 87.6 Å². The zero-order valence-corrected chi connectivity index (χ0v) is 16.5. The van der Waals surface area contributed by atoms with Gasteiger partial charge in [0.25, 0.3) is 0 Å². The summed E-state index contributed by atoms with van der Waals surface area (Å²) in [6, 6.07) is 4.60. The summed E-state index contributed by atoms with van der Waals surface area (Å²) in [6.07, 6.45) is 11.7. The number of hydrogen-bond acceptors (Lipinski definition) is 4. The predicted octanol–water partition coefficient (Wildman–Crippen LogP) is 3.61. The SMILES string of the molecule is O=C(NC1CCCCCC1)N1CCC(c2nnc3ccc(C4CC4)nn23)CC1. The van der Waals surface area contributed by atoms with E-state index in [1.807, 2.05) is 15.5 Å². The average Bonchev–Trinajstić information content (AvgIpc) is 3.53. The van der Waals surface area contributed by atoms with E-state index in [0.717, 1.165) is 55.9 Å². The monoisotopic (exact) mass is 382 g/mol. The molecule has 0 aromatic carbocycles. The number of likely N-dealkylation sites (tertiary alicyclic amines) is 1. The second kappa shape index (κ2) is 7.68. The maximum atomic E-state index is 12.7. The van der Waals surface area contributed by atoms with Gasteiger partial charge in [-0.15, -0.1) is 10.2 Å². The van der Waals surface area contributed by atoms with Crippen LogP contribution >= 0.6 is 0 Å². The number of fused-ring (bicyclic) bond motifs is 1. The summed E-state index contributed by atoms with van der Waals surface area (Å²) in [4.78, 5) is 14.7. The highest BCUT2D eigenvalue weighted by atomic mass is 16.2. The molecule has 3 aliphatic rings. The van der Waals surface area contributed by atoms with Gasteiger partial charge in [-0.05, 0) is 50.7 Å². The highest BCUT2D eigenvalue weighted by Gasteiger charge is 2.30. The van der Waals surface area contributed by atoms with Gasteiger partial charge in [-0.1, -0.05) is 25.7 Å². The Morgan fingerprint density at radius 2 is 1.64 bits per heavy atom. The van der Waals surface area contributed by atoms with Crippen molar-refractivity contribution in [3.8, 4) is 0 Å². The molecule has 7 heteroatoms. The van der Waals surface area contributed by atoms with E-state index in [2.05, 4.69) is 21.6 Å². The maximum absolute atomic E-state index is 12.7. The van der Waals surface area contributed by atoms with E-state index >= 15 is 0 Å². The Balaban J connectivity index is 1.21. The van der Waals surface area contributed by atoms with E-state index in [-0.39, 0.29) is 6.03 Å². The van der Waals surface area contributed by atoms with E-state index in [1.54, 1.807) is 0 Å². The summed E-state index contributed by atoms with van der Waals surface area (Å²) in [5.41, 5.74) is 1.99. The molecule has 150 valence electrons. The first-order chi connectivity index (χ1) is 13.8. The molecule has 0 spiro atoms. The lowest BCUT2D eigenvalue weighted by Gasteiger charge is -2.32. The van der Waals surface area contributed by atoms with Crippen molar-refractivity contribution in [1.29, 1.82) is 0 Å². The van der Waals surface area contributed by atoms with Gasteiger partial charge < -0.3 is 10.2 Å². The van der Waals surface area contributed by atoms with Gasteiger partial charge in [0, 0.05) is 31.0 Å². The van der Waals surface area contributed by atoms with Crippen molar-refractivity contribution in [2.45, 2.75) is 82.1 Å². The van der Waals surface area contributed by atoms with E-state index < -0.39 is 0 Å². The number of carbonyl (C=O) groups is 1. The van der Waals surface area contributed by atoms with Crippen LogP contribution in [0.25, 0.3) is 5.65 Å². The highest BCUT2D eigenvalue weighted by molar-refractivity contribution is 5.74. The van der Waals surface area contributed by atoms with E-state index in [1.165, 1.54) is 38.5 Å². The van der Waals surface area contributed by atoms with Crippen molar-refractivity contribution in [3.05, 3.63) is 23.7 Å². The second-order valence-corrected chi connectivity index (χ2v) is 8.76. The van der Waals surface area contributed by atoms with Gasteiger partial charge in [0.05, 0.1) is 5.69 Å². The molecular weight excluding hydrogens is 352 g/mol. The number of amides is 2. The molecule has 1 N–H and O–H groups in total. The smallest absolute Gasteiger partial charge is 0.317 e. The lowest BCUT2D eigenvalue weighted by molar-refractivity contribution is 0.175. The number of nitrogens with zero attached hydrogens (tertiary/aromatic N) is 5. The van der Waals surface area contributed by atoms with Crippen LogP contribution in [0, 0.1) is 0 Å². The molecule has 28 heavy (non-hydrogen) atoms. The minimum Gasteiger partial charge on any atom is -0.335 e. The van der Waals surface area contributed by atoms with Gasteiger partial charge in [0.15, 0.2) is 11.5 Å². The van der Waals surface area contributed by atoms with Gasteiger partial charge in [-0.25, -0.2) is 4.79 Å². The van der Waals surface area contributed by atoms with Gasteiger partial charge >= 0.3 is 6.03 Å². The third-order valence-corrected chi connectivity index (χ3v) is 6.63. The maximum Gasteiger partial charge on any atom is 0.317 e. The van der Waals surface area contributed by atoms with Crippen molar-refractivity contribution in [3.63, 3.8) is 0 Å². The number of rotatable bonds is 3. The first kappa shape index (κ1) is 17.9. The summed E-state index contributed by atoms with van der Waals surface area (Å²) in [5, 5.41) is 16.8. The Kier molecular flexibility index (Phi) is 4.91. The Morgan fingerprint density at radius 1 is 0.893 bits per heavy atom. The van der Waals surface area contributed by atoms with E-state index in [0.29, 0.717) is 17.9 Å². The Hall–Kier alpha value is -2.18. The molecule has 3 fully saturated rings. The van der Waals surface area contributed by atoms with Crippen LogP contribution in [0.15, 0.2) is 12.1 Å². The number of urea groups is 1. The Morgan fingerprint density at radius 3 is 2.36 bits per heavy atom. The van der Waals surface area contributed by atoms with Crippen molar-refractivity contribution < 1.29 is 4.79 Å². The molecular formula is C21H30N6O. The van der Waals surface area contributed by atoms with E-state index in [9.17, 15) is 4.79 Å². The van der Waals surface area contributed by atoms with Crippen LogP contribution in [0.3, 0.4) is 0 Å². The minimum atomic E-state index is 0.116. The molecule has 1 aliphatic heterocycles. The third kappa shape index (κ3) is 3.71. The molecule has 3 heterocycles. The number of piperidine rings is 1. The fourth-order valence-corrected chi connectivity index (χ4v) is 4.70. The van der Waals surface area contributed by atoms with Crippen LogP contribution in [0.4, 0.5) is 4.79 Å². The molecule has 2 aromatic heterocycles. The first-order valence-electron chi connectivity index (χ1n) is 11.1. The number of carbonyl (C=O) groups excluding carboxylic acids is 1. The highest BCUT2D eigenvalue weighted by Crippen LogP contribution is 2.39. The standard InChI is InChI=1S/C21H30N6O/c28-21(22-17-5-3-1-2-4-6-17)26-13-11-16(12-14-26)20-24-23-19-10-9-18(15-7-8-15)25-27(19)20/h9-10,15-17H,1-8,11-14H2,(H,22,28). The topological polar surface area (TPSA) is 75.4 Å². The lowest BCUT2D eigenvalue weighted by Crippen LogP contribution is -2.47. The third-order valence-electron chi connectivity index (χ3n) is 6.63. The molecule has 5 rings (SSSR count). The van der Waals surface area contributed by atoms with Crippen LogP contribution in [0.2, 0.25) is 0 Å². The predicted molar refractivity (Wildman–Crippen MR) is 106 cm³/mol. The largest absolute Gasteiger partial charge is 0.335 e. The molecule has 2 aliphatic carbocycles. The van der Waals surface area contributed by atoms with Gasteiger partial charge in [-0.3, -0.25) is 0 Å². The second-order valence-electron chi connectivity index (χ2n) is 8.76. The molecule has 2 aromatic rings. The zero-order chi connectivity index (χ0) is 18.9. The Labute approximate surface area is 165 Å². The molecule has 1 saturated heterocycles. The van der Waals surface area contributed by atoms with Gasteiger partial charge in [0.2, 0.25) is 0 Å². The number of hydrogen-bond donors (Lipinski definition) is 1. The minimum absolute atomic E-state index is 0.116. The summed E-state index contributed by atoms with van der Waals surface area (Å²) >= 11 is 0. The van der Waals surface area contributed by atoms with Crippen LogP contribution < -0.4 is 5.32 Å². The molecule has 0 bridgehead atoms. The van der Waals surface area contributed by atoms with E-state index in [4.69, 9.17) is 5.10 Å². The van der Waals surface area contributed by atoms with Crippen LogP contribution in [0.5, 0.6) is 0 Å². The fraction of sp³-hybridized carbons (Fsp3) is 0.714. The number of aromatic nitrogens is 4. The zero-order valence-electron chi connectivity index (χ0n) is 16.5. The fourth-order valence-electron chi connectivity index (χ4n) is 4.70. The molecule has 2 amide bonds. The van der Waals surface area contributed by atoms with Crippen molar-refractivity contribution in [2.24, 2.45) is 0 Å². The molecule has 0 radical (unpaired) electrons. The summed E-state index contributed by atoms with van der Waals surface area (Å²) in [5.74, 6) is 1.90. The average molecular weight is 383 g/mol. The van der Waals surface area contributed by atoms with Crippen molar-refractivity contribution in [2.75, 3.05) is 13.1 Å². The Bertz CT molecular complexity index is 829. The molecule has 0 unspecified atom stereocenters. The summed E-state index contributed by atoms with van der Waals surface area (Å²) in [6.45, 7) is 1.56. The van der Waals surface area contributed by atoms with Crippen LogP contribution in [-0.4, -0.2) is 49.9 Å².